The standard InChI is InChI=1S/C19H28N4O2/c1-13(2)18-15(7-9-24-18)10-21-12-17-14(3)22-23(4)19(17)25-16-6-5-8-20-11-16/h5-6,8,11,13,15,18,21H,7,9-10,12H2,1-4H3/t15-,18-/m1/s1. The Hall–Kier alpha value is -1.92. The van der Waals surface area contributed by atoms with Crippen LogP contribution in [0.3, 0.4) is 0 Å². The van der Waals surface area contributed by atoms with Crippen molar-refractivity contribution in [1.29, 1.82) is 0 Å². The van der Waals surface area contributed by atoms with E-state index in [1.807, 2.05) is 26.1 Å². The summed E-state index contributed by atoms with van der Waals surface area (Å²) in [7, 11) is 1.90. The van der Waals surface area contributed by atoms with E-state index in [0.29, 0.717) is 17.9 Å². The van der Waals surface area contributed by atoms with Gasteiger partial charge in [0.25, 0.3) is 0 Å². The van der Waals surface area contributed by atoms with Crippen molar-refractivity contribution in [1.82, 2.24) is 20.1 Å². The van der Waals surface area contributed by atoms with Crippen LogP contribution in [-0.2, 0) is 18.3 Å². The number of hydrogen-bond acceptors (Lipinski definition) is 5. The van der Waals surface area contributed by atoms with E-state index in [1.54, 1.807) is 17.1 Å². The van der Waals surface area contributed by atoms with Crippen molar-refractivity contribution in [2.45, 2.75) is 39.8 Å². The quantitative estimate of drug-likeness (QED) is 0.836. The summed E-state index contributed by atoms with van der Waals surface area (Å²) in [6.45, 7) is 9.03. The molecular weight excluding hydrogens is 316 g/mol. The number of nitrogens with zero attached hydrogens (tertiary/aromatic N) is 3. The van der Waals surface area contributed by atoms with Gasteiger partial charge in [-0.25, -0.2) is 4.68 Å². The second-order valence-corrected chi connectivity index (χ2v) is 7.04. The van der Waals surface area contributed by atoms with Gasteiger partial charge in [-0.3, -0.25) is 4.98 Å². The number of rotatable bonds is 7. The molecule has 1 N–H and O–H groups in total. The monoisotopic (exact) mass is 344 g/mol. The average molecular weight is 344 g/mol. The third-order valence-corrected chi connectivity index (χ3v) is 4.77. The molecule has 0 spiro atoms. The lowest BCUT2D eigenvalue weighted by molar-refractivity contribution is 0.0539. The van der Waals surface area contributed by atoms with E-state index in [-0.39, 0.29) is 0 Å². The molecule has 2 aromatic heterocycles. The lowest BCUT2D eigenvalue weighted by atomic mass is 9.93. The van der Waals surface area contributed by atoms with Crippen LogP contribution >= 0.6 is 0 Å². The van der Waals surface area contributed by atoms with Crippen LogP contribution in [0.15, 0.2) is 24.5 Å². The molecule has 136 valence electrons. The Kier molecular flexibility index (Phi) is 5.71. The minimum absolute atomic E-state index is 0.355. The molecule has 0 bridgehead atoms. The number of ether oxygens (including phenoxy) is 2. The third kappa shape index (κ3) is 4.19. The van der Waals surface area contributed by atoms with Crippen LogP contribution in [-0.4, -0.2) is 34.0 Å². The van der Waals surface area contributed by atoms with E-state index in [2.05, 4.69) is 29.2 Å². The topological polar surface area (TPSA) is 61.2 Å². The lowest BCUT2D eigenvalue weighted by Crippen LogP contribution is -2.31. The minimum atomic E-state index is 0.355. The molecule has 0 saturated carbocycles. The highest BCUT2D eigenvalue weighted by molar-refractivity contribution is 5.34. The van der Waals surface area contributed by atoms with E-state index in [1.165, 1.54) is 0 Å². The van der Waals surface area contributed by atoms with E-state index >= 15 is 0 Å². The van der Waals surface area contributed by atoms with Crippen LogP contribution in [0.25, 0.3) is 0 Å². The van der Waals surface area contributed by atoms with Gasteiger partial charge in [-0.1, -0.05) is 13.8 Å². The van der Waals surface area contributed by atoms with E-state index in [4.69, 9.17) is 9.47 Å². The number of aryl methyl sites for hydroxylation is 2. The second-order valence-electron chi connectivity index (χ2n) is 7.04. The predicted octanol–water partition coefficient (Wildman–Crippen LogP) is 3.07. The van der Waals surface area contributed by atoms with Crippen molar-refractivity contribution in [3.8, 4) is 11.6 Å². The summed E-state index contributed by atoms with van der Waals surface area (Å²) in [5, 5.41) is 8.09. The molecule has 1 aliphatic heterocycles. The fourth-order valence-electron chi connectivity index (χ4n) is 3.52. The van der Waals surface area contributed by atoms with Gasteiger partial charge in [0.2, 0.25) is 5.88 Å². The molecule has 2 aromatic rings. The van der Waals surface area contributed by atoms with Crippen molar-refractivity contribution in [2.24, 2.45) is 18.9 Å². The van der Waals surface area contributed by atoms with Crippen LogP contribution < -0.4 is 10.1 Å². The van der Waals surface area contributed by atoms with Gasteiger partial charge in [-0.15, -0.1) is 0 Å². The molecular formula is C19H28N4O2. The highest BCUT2D eigenvalue weighted by Gasteiger charge is 2.30. The van der Waals surface area contributed by atoms with Crippen molar-refractivity contribution in [3.05, 3.63) is 35.8 Å². The molecule has 3 rings (SSSR count). The van der Waals surface area contributed by atoms with E-state index in [0.717, 1.165) is 49.0 Å². The lowest BCUT2D eigenvalue weighted by Gasteiger charge is -2.22. The maximum atomic E-state index is 6.02. The second kappa shape index (κ2) is 7.97. The molecule has 25 heavy (non-hydrogen) atoms. The Morgan fingerprint density at radius 1 is 1.44 bits per heavy atom. The van der Waals surface area contributed by atoms with Gasteiger partial charge in [-0.2, -0.15) is 5.10 Å². The SMILES string of the molecule is Cc1nn(C)c(Oc2cccnc2)c1CNC[C@H]1CCO[C@@H]1C(C)C. The summed E-state index contributed by atoms with van der Waals surface area (Å²) >= 11 is 0. The molecule has 2 atom stereocenters. The van der Waals surface area contributed by atoms with E-state index < -0.39 is 0 Å². The van der Waals surface area contributed by atoms with Gasteiger partial charge in [-0.05, 0) is 37.3 Å². The number of hydrogen-bond donors (Lipinski definition) is 1. The van der Waals surface area contributed by atoms with Gasteiger partial charge in [0.15, 0.2) is 0 Å². The summed E-state index contributed by atoms with van der Waals surface area (Å²) in [5.41, 5.74) is 2.07. The number of aromatic nitrogens is 3. The van der Waals surface area contributed by atoms with Crippen molar-refractivity contribution in [2.75, 3.05) is 13.2 Å². The Morgan fingerprint density at radius 3 is 3.00 bits per heavy atom. The summed E-state index contributed by atoms with van der Waals surface area (Å²) in [6, 6.07) is 3.76. The van der Waals surface area contributed by atoms with Gasteiger partial charge in [0.05, 0.1) is 23.6 Å². The first-order valence-corrected chi connectivity index (χ1v) is 8.99. The summed E-state index contributed by atoms with van der Waals surface area (Å²) in [4.78, 5) is 4.10. The molecule has 1 aliphatic rings. The number of pyridine rings is 1. The van der Waals surface area contributed by atoms with E-state index in [9.17, 15) is 0 Å². The molecule has 0 unspecified atom stereocenters. The fourth-order valence-corrected chi connectivity index (χ4v) is 3.52. The smallest absolute Gasteiger partial charge is 0.222 e. The Labute approximate surface area is 149 Å². The molecule has 0 amide bonds. The third-order valence-electron chi connectivity index (χ3n) is 4.77. The summed E-state index contributed by atoms with van der Waals surface area (Å²) in [6.07, 6.45) is 4.93. The molecule has 0 aromatic carbocycles. The zero-order valence-corrected chi connectivity index (χ0v) is 15.5. The Morgan fingerprint density at radius 2 is 2.28 bits per heavy atom. The van der Waals surface area contributed by atoms with Crippen LogP contribution in [0.2, 0.25) is 0 Å². The molecule has 0 radical (unpaired) electrons. The van der Waals surface area contributed by atoms with Gasteiger partial charge in [0.1, 0.15) is 5.75 Å². The highest BCUT2D eigenvalue weighted by Crippen LogP contribution is 2.28. The maximum Gasteiger partial charge on any atom is 0.222 e. The molecule has 6 nitrogen and oxygen atoms in total. The van der Waals surface area contributed by atoms with Crippen LogP contribution in [0.5, 0.6) is 11.6 Å². The zero-order valence-electron chi connectivity index (χ0n) is 15.5. The molecule has 0 aliphatic carbocycles. The molecule has 3 heterocycles. The van der Waals surface area contributed by atoms with Gasteiger partial charge < -0.3 is 14.8 Å². The van der Waals surface area contributed by atoms with Crippen LogP contribution in [0.1, 0.15) is 31.5 Å². The fraction of sp³-hybridized carbons (Fsp3) is 0.579. The van der Waals surface area contributed by atoms with Crippen LogP contribution in [0, 0.1) is 18.8 Å². The molecule has 1 fully saturated rings. The summed E-state index contributed by atoms with van der Waals surface area (Å²) < 4.78 is 13.7. The zero-order chi connectivity index (χ0) is 17.8. The van der Waals surface area contributed by atoms with Gasteiger partial charge in [0, 0.05) is 32.9 Å². The largest absolute Gasteiger partial charge is 0.437 e. The predicted molar refractivity (Wildman–Crippen MR) is 96.6 cm³/mol. The normalized spacial score (nSPS) is 20.4. The Balaban J connectivity index is 1.64. The van der Waals surface area contributed by atoms with Crippen LogP contribution in [0.4, 0.5) is 0 Å². The number of nitrogens with one attached hydrogen (secondary N) is 1. The first kappa shape index (κ1) is 17.9. The molecule has 1 saturated heterocycles. The van der Waals surface area contributed by atoms with Crippen molar-refractivity contribution in [3.63, 3.8) is 0 Å². The molecule has 6 heteroatoms. The highest BCUT2D eigenvalue weighted by atomic mass is 16.5. The van der Waals surface area contributed by atoms with Crippen molar-refractivity contribution < 1.29 is 9.47 Å². The Bertz CT molecular complexity index is 684. The van der Waals surface area contributed by atoms with Gasteiger partial charge >= 0.3 is 0 Å². The van der Waals surface area contributed by atoms with Crippen molar-refractivity contribution >= 4 is 0 Å². The minimum Gasteiger partial charge on any atom is -0.437 e. The first-order chi connectivity index (χ1) is 12.1. The average Bonchev–Trinajstić information content (AvgIpc) is 3.15. The summed E-state index contributed by atoms with van der Waals surface area (Å²) in [5.74, 6) is 2.61. The first-order valence-electron chi connectivity index (χ1n) is 8.99. The maximum absolute atomic E-state index is 6.02.